The van der Waals surface area contributed by atoms with Crippen LogP contribution in [0.3, 0.4) is 0 Å². The van der Waals surface area contributed by atoms with E-state index in [4.69, 9.17) is 21.7 Å². The SMILES string of the molecule is COc1ccc(C(=O)NN2C(=O)/C(=C\c3cc(Br)c(O)c(OC)c3)SC2=S)cc1. The number of hydrogen-bond donors (Lipinski definition) is 2. The lowest BCUT2D eigenvalue weighted by atomic mass is 10.2. The van der Waals surface area contributed by atoms with Crippen molar-refractivity contribution in [2.75, 3.05) is 14.2 Å². The van der Waals surface area contributed by atoms with Crippen molar-refractivity contribution in [1.82, 2.24) is 10.4 Å². The van der Waals surface area contributed by atoms with Crippen molar-refractivity contribution in [2.45, 2.75) is 0 Å². The standard InChI is InChI=1S/C19H15BrN2O5S2/c1-26-12-5-3-11(4-6-12)17(24)21-22-18(25)15(29-19(22)28)9-10-7-13(20)16(23)14(8-10)27-2/h3-9,23H,1-2H3,(H,21,24)/b15-9+. The van der Waals surface area contributed by atoms with Gasteiger partial charge in [0.05, 0.1) is 23.6 Å². The van der Waals surface area contributed by atoms with Crippen LogP contribution >= 0.6 is 39.9 Å². The minimum absolute atomic E-state index is 0.0380. The van der Waals surface area contributed by atoms with Gasteiger partial charge in [0.2, 0.25) is 0 Å². The third kappa shape index (κ3) is 4.55. The molecule has 0 saturated carbocycles. The van der Waals surface area contributed by atoms with Gasteiger partial charge in [0, 0.05) is 5.56 Å². The van der Waals surface area contributed by atoms with Crippen molar-refractivity contribution in [3.05, 3.63) is 56.9 Å². The van der Waals surface area contributed by atoms with E-state index >= 15 is 0 Å². The first-order valence-electron chi connectivity index (χ1n) is 8.13. The first-order chi connectivity index (χ1) is 13.8. The van der Waals surface area contributed by atoms with Crippen LogP contribution in [0.15, 0.2) is 45.8 Å². The Hall–Kier alpha value is -2.56. The number of phenols is 1. The van der Waals surface area contributed by atoms with Crippen LogP contribution in [-0.4, -0.2) is 40.5 Å². The summed E-state index contributed by atoms with van der Waals surface area (Å²) in [5, 5.41) is 10.9. The molecule has 10 heteroatoms. The van der Waals surface area contributed by atoms with Gasteiger partial charge in [0.15, 0.2) is 15.8 Å². The van der Waals surface area contributed by atoms with E-state index in [-0.39, 0.29) is 15.8 Å². The minimum atomic E-state index is -0.473. The van der Waals surface area contributed by atoms with Crippen LogP contribution in [0.4, 0.5) is 0 Å². The van der Waals surface area contributed by atoms with E-state index in [1.807, 2.05) is 0 Å². The zero-order chi connectivity index (χ0) is 21.1. The molecule has 29 heavy (non-hydrogen) atoms. The number of phenolic OH excluding ortho intramolecular Hbond substituents is 1. The number of carbonyl (C=O) groups is 2. The van der Waals surface area contributed by atoms with Gasteiger partial charge in [-0.1, -0.05) is 11.8 Å². The fourth-order valence-corrected chi connectivity index (χ4v) is 4.10. The molecular formula is C19H15BrN2O5S2. The molecule has 0 spiro atoms. The van der Waals surface area contributed by atoms with Crippen molar-refractivity contribution >= 4 is 62.1 Å². The zero-order valence-corrected chi connectivity index (χ0v) is 18.5. The normalized spacial score (nSPS) is 15.0. The van der Waals surface area contributed by atoms with Crippen LogP contribution in [0.1, 0.15) is 15.9 Å². The summed E-state index contributed by atoms with van der Waals surface area (Å²) >= 11 is 9.53. The molecule has 2 N–H and O–H groups in total. The number of carbonyl (C=O) groups excluding carboxylic acids is 2. The van der Waals surface area contributed by atoms with E-state index in [0.29, 0.717) is 26.3 Å². The molecule has 150 valence electrons. The average Bonchev–Trinajstić information content (AvgIpc) is 2.97. The number of hydrogen-bond acceptors (Lipinski definition) is 7. The molecule has 1 heterocycles. The molecule has 7 nitrogen and oxygen atoms in total. The van der Waals surface area contributed by atoms with Crippen LogP contribution in [0, 0.1) is 0 Å². The zero-order valence-electron chi connectivity index (χ0n) is 15.3. The second kappa shape index (κ2) is 8.85. The van der Waals surface area contributed by atoms with E-state index in [1.54, 1.807) is 42.5 Å². The number of thiocarbonyl (C=S) groups is 1. The van der Waals surface area contributed by atoms with Crippen molar-refractivity contribution in [1.29, 1.82) is 0 Å². The number of aromatic hydroxyl groups is 1. The number of amides is 2. The molecule has 0 radical (unpaired) electrons. The highest BCUT2D eigenvalue weighted by Gasteiger charge is 2.34. The Morgan fingerprint density at radius 2 is 1.93 bits per heavy atom. The summed E-state index contributed by atoms with van der Waals surface area (Å²) in [7, 11) is 2.96. The second-order valence-electron chi connectivity index (χ2n) is 5.74. The van der Waals surface area contributed by atoms with Crippen molar-refractivity contribution in [2.24, 2.45) is 0 Å². The number of halogens is 1. The smallest absolute Gasteiger partial charge is 0.285 e. The van der Waals surface area contributed by atoms with E-state index in [1.165, 1.54) is 14.2 Å². The summed E-state index contributed by atoms with van der Waals surface area (Å²) in [6, 6.07) is 9.69. The van der Waals surface area contributed by atoms with Crippen LogP contribution < -0.4 is 14.9 Å². The molecular weight excluding hydrogens is 480 g/mol. The lowest BCUT2D eigenvalue weighted by molar-refractivity contribution is -0.123. The Morgan fingerprint density at radius 3 is 2.55 bits per heavy atom. The fraction of sp³-hybridized carbons (Fsp3) is 0.105. The number of nitrogens with zero attached hydrogens (tertiary/aromatic N) is 1. The molecule has 0 aromatic heterocycles. The minimum Gasteiger partial charge on any atom is -0.503 e. The van der Waals surface area contributed by atoms with Crippen LogP contribution in [0.25, 0.3) is 6.08 Å². The molecule has 1 saturated heterocycles. The average molecular weight is 495 g/mol. The van der Waals surface area contributed by atoms with E-state index in [0.717, 1.165) is 16.8 Å². The summed E-state index contributed by atoms with van der Waals surface area (Å²) in [5.74, 6) is -0.0901. The van der Waals surface area contributed by atoms with Gasteiger partial charge >= 0.3 is 0 Å². The third-order valence-electron chi connectivity index (χ3n) is 3.93. The molecule has 1 aliphatic rings. The quantitative estimate of drug-likeness (QED) is 0.483. The molecule has 2 amide bonds. The number of thioether (sulfide) groups is 1. The molecule has 0 bridgehead atoms. The van der Waals surface area contributed by atoms with E-state index in [9.17, 15) is 14.7 Å². The fourth-order valence-electron chi connectivity index (χ4n) is 2.46. The number of rotatable bonds is 5. The highest BCUT2D eigenvalue weighted by molar-refractivity contribution is 9.10. The number of nitrogens with one attached hydrogen (secondary N) is 1. The Morgan fingerprint density at radius 1 is 1.24 bits per heavy atom. The van der Waals surface area contributed by atoms with Gasteiger partial charge in [-0.25, -0.2) is 0 Å². The van der Waals surface area contributed by atoms with Crippen LogP contribution in [-0.2, 0) is 4.79 Å². The van der Waals surface area contributed by atoms with Crippen molar-refractivity contribution in [3.63, 3.8) is 0 Å². The molecule has 0 aliphatic carbocycles. The Bertz CT molecular complexity index is 1020. The maximum Gasteiger partial charge on any atom is 0.285 e. The summed E-state index contributed by atoms with van der Waals surface area (Å²) in [5.41, 5.74) is 3.49. The lowest BCUT2D eigenvalue weighted by Gasteiger charge is -2.15. The molecule has 3 rings (SSSR count). The Balaban J connectivity index is 1.79. The molecule has 1 fully saturated rings. The maximum atomic E-state index is 12.7. The van der Waals surface area contributed by atoms with Gasteiger partial charge in [0.25, 0.3) is 11.8 Å². The number of benzene rings is 2. The van der Waals surface area contributed by atoms with E-state index < -0.39 is 11.8 Å². The van der Waals surface area contributed by atoms with Crippen molar-refractivity contribution < 1.29 is 24.2 Å². The molecule has 0 atom stereocenters. The van der Waals surface area contributed by atoms with Gasteiger partial charge in [-0.15, -0.1) is 0 Å². The highest BCUT2D eigenvalue weighted by atomic mass is 79.9. The Labute approximate surface area is 184 Å². The van der Waals surface area contributed by atoms with Crippen LogP contribution in [0.5, 0.6) is 17.2 Å². The van der Waals surface area contributed by atoms with Crippen LogP contribution in [0.2, 0.25) is 0 Å². The second-order valence-corrected chi connectivity index (χ2v) is 8.27. The molecule has 2 aromatic rings. The van der Waals surface area contributed by atoms with Gasteiger partial charge in [-0.3, -0.25) is 15.0 Å². The molecule has 2 aromatic carbocycles. The van der Waals surface area contributed by atoms with Gasteiger partial charge < -0.3 is 14.6 Å². The topological polar surface area (TPSA) is 88.1 Å². The third-order valence-corrected chi connectivity index (χ3v) is 5.83. The number of ether oxygens (including phenoxy) is 2. The number of hydrazine groups is 1. The Kier molecular flexibility index (Phi) is 6.46. The van der Waals surface area contributed by atoms with Crippen molar-refractivity contribution in [3.8, 4) is 17.2 Å². The molecule has 0 unspecified atom stereocenters. The first kappa shape index (κ1) is 21.2. The lowest BCUT2D eigenvalue weighted by Crippen LogP contribution is -2.44. The summed E-state index contributed by atoms with van der Waals surface area (Å²) in [6.45, 7) is 0. The highest BCUT2D eigenvalue weighted by Crippen LogP contribution is 2.37. The first-order valence-corrected chi connectivity index (χ1v) is 10.1. The van der Waals surface area contributed by atoms with E-state index in [2.05, 4.69) is 21.4 Å². The van der Waals surface area contributed by atoms with Gasteiger partial charge in [-0.05, 0) is 76.2 Å². The van der Waals surface area contributed by atoms with Gasteiger partial charge in [0.1, 0.15) is 5.75 Å². The summed E-state index contributed by atoms with van der Waals surface area (Å²) < 4.78 is 10.8. The summed E-state index contributed by atoms with van der Waals surface area (Å²) in [6.07, 6.45) is 1.60. The monoisotopic (exact) mass is 494 g/mol. The maximum absolute atomic E-state index is 12.7. The molecule has 1 aliphatic heterocycles. The van der Waals surface area contributed by atoms with Gasteiger partial charge in [-0.2, -0.15) is 5.01 Å². The summed E-state index contributed by atoms with van der Waals surface area (Å²) in [4.78, 5) is 25.5. The predicted molar refractivity (Wildman–Crippen MR) is 118 cm³/mol. The largest absolute Gasteiger partial charge is 0.503 e. The predicted octanol–water partition coefficient (Wildman–Crippen LogP) is 3.72. The number of methoxy groups -OCH3 is 2.